The van der Waals surface area contributed by atoms with Crippen molar-refractivity contribution in [1.29, 1.82) is 0 Å². The standard InChI is InChI=1S/C12H18FN5O3/c1-21-7-6-15-9(19)3-5-17-12(20)8-2-4-16-11(18-14)10(8)13/h2,4H,3,5-7,14H2,1H3,(H,15,19)(H,16,18)(H,17,20). The minimum atomic E-state index is -0.845. The van der Waals surface area contributed by atoms with Crippen LogP contribution in [-0.4, -0.2) is 43.6 Å². The van der Waals surface area contributed by atoms with Crippen molar-refractivity contribution in [3.05, 3.63) is 23.6 Å². The maximum atomic E-state index is 13.8. The first kappa shape index (κ1) is 16.8. The number of nitrogens with one attached hydrogen (secondary N) is 3. The van der Waals surface area contributed by atoms with Crippen LogP contribution in [0.2, 0.25) is 0 Å². The number of hydrogen-bond donors (Lipinski definition) is 4. The number of hydrogen-bond acceptors (Lipinski definition) is 6. The Morgan fingerprint density at radius 1 is 1.38 bits per heavy atom. The van der Waals surface area contributed by atoms with Crippen molar-refractivity contribution in [3.8, 4) is 0 Å². The van der Waals surface area contributed by atoms with Gasteiger partial charge in [0.25, 0.3) is 5.91 Å². The van der Waals surface area contributed by atoms with Crippen LogP contribution in [0.4, 0.5) is 10.2 Å². The van der Waals surface area contributed by atoms with E-state index < -0.39 is 11.7 Å². The molecule has 1 rings (SSSR count). The van der Waals surface area contributed by atoms with Crippen LogP contribution in [0.5, 0.6) is 0 Å². The van der Waals surface area contributed by atoms with Crippen LogP contribution >= 0.6 is 0 Å². The van der Waals surface area contributed by atoms with E-state index in [2.05, 4.69) is 21.0 Å². The smallest absolute Gasteiger partial charge is 0.254 e. The van der Waals surface area contributed by atoms with Crippen molar-refractivity contribution < 1.29 is 18.7 Å². The third kappa shape index (κ3) is 5.32. The third-order valence-electron chi connectivity index (χ3n) is 2.54. The molecule has 0 aliphatic carbocycles. The molecule has 0 spiro atoms. The molecule has 0 bridgehead atoms. The van der Waals surface area contributed by atoms with Gasteiger partial charge in [-0.15, -0.1) is 0 Å². The zero-order valence-corrected chi connectivity index (χ0v) is 11.6. The lowest BCUT2D eigenvalue weighted by molar-refractivity contribution is -0.121. The van der Waals surface area contributed by atoms with E-state index in [1.807, 2.05) is 0 Å². The van der Waals surface area contributed by atoms with Crippen LogP contribution in [0, 0.1) is 5.82 Å². The molecule has 9 heteroatoms. The number of amides is 2. The molecule has 0 saturated heterocycles. The number of methoxy groups -OCH3 is 1. The Morgan fingerprint density at radius 2 is 2.14 bits per heavy atom. The van der Waals surface area contributed by atoms with E-state index in [-0.39, 0.29) is 30.3 Å². The van der Waals surface area contributed by atoms with Gasteiger partial charge in [0.05, 0.1) is 12.2 Å². The van der Waals surface area contributed by atoms with Crippen molar-refractivity contribution in [2.75, 3.05) is 32.2 Å². The lowest BCUT2D eigenvalue weighted by atomic mass is 10.2. The predicted octanol–water partition coefficient (Wildman–Crippen LogP) is -0.611. The lowest BCUT2D eigenvalue weighted by Crippen LogP contribution is -2.32. The molecule has 0 unspecified atom stereocenters. The molecule has 0 atom stereocenters. The highest BCUT2D eigenvalue weighted by atomic mass is 19.1. The monoisotopic (exact) mass is 299 g/mol. The summed E-state index contributed by atoms with van der Waals surface area (Å²) in [5.41, 5.74) is 1.85. The Hall–Kier alpha value is -2.26. The minimum Gasteiger partial charge on any atom is -0.383 e. The van der Waals surface area contributed by atoms with Gasteiger partial charge in [-0.25, -0.2) is 15.2 Å². The SMILES string of the molecule is COCCNC(=O)CCNC(=O)c1ccnc(NN)c1F. The van der Waals surface area contributed by atoms with Crippen LogP contribution in [0.25, 0.3) is 0 Å². The van der Waals surface area contributed by atoms with Gasteiger partial charge in [-0.05, 0) is 6.07 Å². The van der Waals surface area contributed by atoms with E-state index in [9.17, 15) is 14.0 Å². The second-order valence-electron chi connectivity index (χ2n) is 4.01. The van der Waals surface area contributed by atoms with Crippen LogP contribution in [0.1, 0.15) is 16.8 Å². The molecule has 5 N–H and O–H groups in total. The van der Waals surface area contributed by atoms with Crippen LogP contribution in [0.3, 0.4) is 0 Å². The normalized spacial score (nSPS) is 10.0. The molecule has 1 heterocycles. The predicted molar refractivity (Wildman–Crippen MR) is 73.8 cm³/mol. The van der Waals surface area contributed by atoms with Crippen LogP contribution in [-0.2, 0) is 9.53 Å². The lowest BCUT2D eigenvalue weighted by Gasteiger charge is -2.08. The number of anilines is 1. The molecular formula is C12H18FN5O3. The second kappa shape index (κ2) is 8.82. The fourth-order valence-electron chi connectivity index (χ4n) is 1.49. The molecule has 0 radical (unpaired) electrons. The van der Waals surface area contributed by atoms with Crippen LogP contribution < -0.4 is 21.9 Å². The third-order valence-corrected chi connectivity index (χ3v) is 2.54. The highest BCUT2D eigenvalue weighted by molar-refractivity contribution is 5.95. The van der Waals surface area contributed by atoms with E-state index in [1.54, 1.807) is 0 Å². The summed E-state index contributed by atoms with van der Waals surface area (Å²) in [5.74, 6) is 3.13. The van der Waals surface area contributed by atoms with Crippen molar-refractivity contribution in [1.82, 2.24) is 15.6 Å². The summed E-state index contributed by atoms with van der Waals surface area (Å²) in [6, 6.07) is 1.23. The van der Waals surface area contributed by atoms with E-state index in [1.165, 1.54) is 19.4 Å². The van der Waals surface area contributed by atoms with E-state index in [0.717, 1.165) is 0 Å². The topological polar surface area (TPSA) is 118 Å². The molecule has 1 aromatic heterocycles. The first-order valence-electron chi connectivity index (χ1n) is 6.25. The Bertz CT molecular complexity index is 498. The van der Waals surface area contributed by atoms with Gasteiger partial charge in [0.2, 0.25) is 5.91 Å². The minimum absolute atomic E-state index is 0.0875. The van der Waals surface area contributed by atoms with Gasteiger partial charge < -0.3 is 20.8 Å². The molecular weight excluding hydrogens is 281 g/mol. The van der Waals surface area contributed by atoms with Gasteiger partial charge in [-0.2, -0.15) is 0 Å². The van der Waals surface area contributed by atoms with Crippen molar-refractivity contribution in [2.24, 2.45) is 5.84 Å². The second-order valence-corrected chi connectivity index (χ2v) is 4.01. The molecule has 8 nitrogen and oxygen atoms in total. The van der Waals surface area contributed by atoms with Crippen LogP contribution in [0.15, 0.2) is 12.3 Å². The quantitative estimate of drug-likeness (QED) is 0.289. The Labute approximate surface area is 121 Å². The van der Waals surface area contributed by atoms with Crippen molar-refractivity contribution in [2.45, 2.75) is 6.42 Å². The van der Waals surface area contributed by atoms with E-state index in [4.69, 9.17) is 10.6 Å². The number of hydrazine groups is 1. The Kier molecular flexibility index (Phi) is 7.05. The number of ether oxygens (including phenoxy) is 1. The number of nitrogen functional groups attached to an aromatic ring is 1. The number of nitrogens with two attached hydrogens (primary N) is 1. The summed E-state index contributed by atoms with van der Waals surface area (Å²) >= 11 is 0. The fraction of sp³-hybridized carbons (Fsp3) is 0.417. The molecule has 0 saturated carbocycles. The molecule has 0 aliphatic rings. The molecule has 0 aliphatic heterocycles. The first-order valence-corrected chi connectivity index (χ1v) is 6.25. The van der Waals surface area contributed by atoms with Gasteiger partial charge in [0.1, 0.15) is 0 Å². The van der Waals surface area contributed by atoms with Gasteiger partial charge in [-0.1, -0.05) is 0 Å². The van der Waals surface area contributed by atoms with Crippen molar-refractivity contribution in [3.63, 3.8) is 0 Å². The number of halogens is 1. The highest BCUT2D eigenvalue weighted by Crippen LogP contribution is 2.13. The van der Waals surface area contributed by atoms with E-state index in [0.29, 0.717) is 13.2 Å². The zero-order chi connectivity index (χ0) is 15.7. The van der Waals surface area contributed by atoms with Gasteiger partial charge in [0, 0.05) is 32.8 Å². The summed E-state index contributed by atoms with van der Waals surface area (Å²) in [5, 5.41) is 5.05. The fourth-order valence-corrected chi connectivity index (χ4v) is 1.49. The highest BCUT2D eigenvalue weighted by Gasteiger charge is 2.15. The largest absolute Gasteiger partial charge is 0.383 e. The van der Waals surface area contributed by atoms with Crippen molar-refractivity contribution >= 4 is 17.6 Å². The molecule has 0 fully saturated rings. The maximum absolute atomic E-state index is 13.8. The maximum Gasteiger partial charge on any atom is 0.254 e. The molecule has 0 aromatic carbocycles. The Morgan fingerprint density at radius 3 is 2.81 bits per heavy atom. The summed E-state index contributed by atoms with van der Waals surface area (Å²) in [6.45, 7) is 0.897. The number of carbonyl (C=O) groups is 2. The molecule has 21 heavy (non-hydrogen) atoms. The van der Waals surface area contributed by atoms with Gasteiger partial charge in [-0.3, -0.25) is 9.59 Å². The first-order chi connectivity index (χ1) is 10.1. The Balaban J connectivity index is 2.42. The molecule has 116 valence electrons. The number of nitrogens with zero attached hydrogens (tertiary/aromatic N) is 1. The molecule has 2 amide bonds. The summed E-state index contributed by atoms with van der Waals surface area (Å²) in [6.07, 6.45) is 1.34. The van der Waals surface area contributed by atoms with Gasteiger partial charge >= 0.3 is 0 Å². The summed E-state index contributed by atoms with van der Waals surface area (Å²) < 4.78 is 18.5. The number of pyridine rings is 1. The zero-order valence-electron chi connectivity index (χ0n) is 11.6. The summed E-state index contributed by atoms with van der Waals surface area (Å²) in [4.78, 5) is 26.8. The average molecular weight is 299 g/mol. The number of carbonyl (C=O) groups excluding carboxylic acids is 2. The number of rotatable bonds is 8. The van der Waals surface area contributed by atoms with E-state index >= 15 is 0 Å². The average Bonchev–Trinajstić information content (AvgIpc) is 2.47. The summed E-state index contributed by atoms with van der Waals surface area (Å²) in [7, 11) is 1.53. The van der Waals surface area contributed by atoms with Gasteiger partial charge in [0.15, 0.2) is 11.6 Å². The number of aromatic nitrogens is 1. The molecule has 1 aromatic rings.